The molecule has 0 aliphatic rings. The largest absolute Gasteiger partial charge is 0.364 e. The van der Waals surface area contributed by atoms with Gasteiger partial charge in [-0.2, -0.15) is 0 Å². The number of H-pyrrole nitrogens is 1. The highest BCUT2D eigenvalue weighted by atomic mass is 15.0. The average Bonchev–Trinajstić information content (AvgIpc) is 3.22. The highest BCUT2D eigenvalue weighted by molar-refractivity contribution is 5.80. The summed E-state index contributed by atoms with van der Waals surface area (Å²) in [5.74, 6) is 1.31. The van der Waals surface area contributed by atoms with Gasteiger partial charge in [-0.3, -0.25) is 9.97 Å². The molecule has 0 saturated carbocycles. The van der Waals surface area contributed by atoms with E-state index in [1.807, 2.05) is 48.5 Å². The summed E-state index contributed by atoms with van der Waals surface area (Å²) >= 11 is 0. The molecule has 0 unspecified atom stereocenters. The minimum atomic E-state index is 0.575. The van der Waals surface area contributed by atoms with E-state index in [4.69, 9.17) is 4.98 Å². The third-order valence-corrected chi connectivity index (χ3v) is 4.62. The SMILES string of the molecule is c1ccc(-c2nc(NCc3cc4ccccc4[nH]3)cc(-c3cccnc3)n2)nc1. The Morgan fingerprint density at radius 2 is 1.76 bits per heavy atom. The molecule has 5 aromatic rings. The lowest BCUT2D eigenvalue weighted by Crippen LogP contribution is -2.04. The van der Waals surface area contributed by atoms with Crippen LogP contribution in [0, 0.1) is 0 Å². The minimum Gasteiger partial charge on any atom is -0.364 e. The number of pyridine rings is 2. The number of anilines is 1. The van der Waals surface area contributed by atoms with Gasteiger partial charge in [0.2, 0.25) is 0 Å². The van der Waals surface area contributed by atoms with Gasteiger partial charge >= 0.3 is 0 Å². The van der Waals surface area contributed by atoms with E-state index in [0.717, 1.165) is 34.0 Å². The molecular formula is C23H18N6. The van der Waals surface area contributed by atoms with Crippen molar-refractivity contribution in [1.82, 2.24) is 24.9 Å². The number of hydrogen-bond acceptors (Lipinski definition) is 5. The van der Waals surface area contributed by atoms with Crippen molar-refractivity contribution in [1.29, 1.82) is 0 Å². The molecule has 6 nitrogen and oxygen atoms in total. The molecular weight excluding hydrogens is 360 g/mol. The maximum Gasteiger partial charge on any atom is 0.180 e. The van der Waals surface area contributed by atoms with Gasteiger partial charge < -0.3 is 10.3 Å². The third kappa shape index (κ3) is 3.68. The van der Waals surface area contributed by atoms with Crippen LogP contribution in [0.2, 0.25) is 0 Å². The second-order valence-electron chi connectivity index (χ2n) is 6.65. The molecule has 0 aliphatic heterocycles. The molecule has 0 fully saturated rings. The Morgan fingerprint density at radius 3 is 2.59 bits per heavy atom. The summed E-state index contributed by atoms with van der Waals surface area (Å²) in [6.07, 6.45) is 5.29. The van der Waals surface area contributed by atoms with Crippen LogP contribution in [0.3, 0.4) is 0 Å². The second-order valence-corrected chi connectivity index (χ2v) is 6.65. The molecule has 4 heterocycles. The molecule has 2 N–H and O–H groups in total. The first-order chi connectivity index (χ1) is 14.3. The van der Waals surface area contributed by atoms with Crippen molar-refractivity contribution in [2.75, 3.05) is 5.32 Å². The highest BCUT2D eigenvalue weighted by Gasteiger charge is 2.10. The smallest absolute Gasteiger partial charge is 0.180 e. The van der Waals surface area contributed by atoms with Crippen LogP contribution in [0.15, 0.2) is 85.3 Å². The van der Waals surface area contributed by atoms with Crippen molar-refractivity contribution >= 4 is 16.7 Å². The first-order valence-electron chi connectivity index (χ1n) is 9.36. The Kier molecular flexibility index (Phi) is 4.42. The first-order valence-corrected chi connectivity index (χ1v) is 9.36. The molecule has 1 aromatic carbocycles. The van der Waals surface area contributed by atoms with E-state index in [1.54, 1.807) is 18.6 Å². The van der Waals surface area contributed by atoms with Crippen molar-refractivity contribution in [3.05, 3.63) is 91.0 Å². The van der Waals surface area contributed by atoms with Crippen molar-refractivity contribution in [3.8, 4) is 22.8 Å². The number of rotatable bonds is 5. The summed E-state index contributed by atoms with van der Waals surface area (Å²) in [5, 5.41) is 4.60. The van der Waals surface area contributed by atoms with Crippen molar-refractivity contribution in [3.63, 3.8) is 0 Å². The molecule has 29 heavy (non-hydrogen) atoms. The molecule has 6 heteroatoms. The van der Waals surface area contributed by atoms with E-state index >= 15 is 0 Å². The molecule has 0 spiro atoms. The number of fused-ring (bicyclic) bond motifs is 1. The molecule has 0 amide bonds. The van der Waals surface area contributed by atoms with E-state index in [2.05, 4.69) is 43.5 Å². The Bertz CT molecular complexity index is 1160. The molecule has 0 aliphatic carbocycles. The van der Waals surface area contributed by atoms with Crippen molar-refractivity contribution in [2.24, 2.45) is 0 Å². The summed E-state index contributed by atoms with van der Waals surface area (Å²) in [6, 6.07) is 21.9. The van der Waals surface area contributed by atoms with E-state index in [0.29, 0.717) is 12.4 Å². The van der Waals surface area contributed by atoms with Gasteiger partial charge in [0.25, 0.3) is 0 Å². The lowest BCUT2D eigenvalue weighted by atomic mass is 10.2. The summed E-state index contributed by atoms with van der Waals surface area (Å²) in [4.78, 5) is 21.4. The van der Waals surface area contributed by atoms with Gasteiger partial charge in [-0.15, -0.1) is 0 Å². The van der Waals surface area contributed by atoms with Crippen molar-refractivity contribution < 1.29 is 0 Å². The van der Waals surface area contributed by atoms with Crippen LogP contribution < -0.4 is 5.32 Å². The topological polar surface area (TPSA) is 79.4 Å². The molecule has 0 saturated heterocycles. The molecule has 0 atom stereocenters. The Labute approximate surface area is 167 Å². The van der Waals surface area contributed by atoms with Crippen LogP contribution in [0.1, 0.15) is 5.69 Å². The van der Waals surface area contributed by atoms with Gasteiger partial charge in [0.1, 0.15) is 11.5 Å². The third-order valence-electron chi connectivity index (χ3n) is 4.62. The van der Waals surface area contributed by atoms with Crippen molar-refractivity contribution in [2.45, 2.75) is 6.54 Å². The predicted molar refractivity (Wildman–Crippen MR) is 114 cm³/mol. The molecule has 140 valence electrons. The number of aromatic amines is 1. The maximum absolute atomic E-state index is 4.70. The normalized spacial score (nSPS) is 10.9. The number of nitrogens with zero attached hydrogens (tertiary/aromatic N) is 4. The van der Waals surface area contributed by atoms with Gasteiger partial charge in [0, 0.05) is 41.4 Å². The summed E-state index contributed by atoms with van der Waals surface area (Å²) < 4.78 is 0. The molecule has 5 rings (SSSR count). The van der Waals surface area contributed by atoms with Crippen LogP contribution >= 0.6 is 0 Å². The second kappa shape index (κ2) is 7.52. The lowest BCUT2D eigenvalue weighted by molar-refractivity contribution is 1.05. The van der Waals surface area contributed by atoms with Crippen LogP contribution in [0.25, 0.3) is 33.7 Å². The quantitative estimate of drug-likeness (QED) is 0.464. The van der Waals surface area contributed by atoms with Gasteiger partial charge in [0.05, 0.1) is 12.2 Å². The fourth-order valence-electron chi connectivity index (χ4n) is 3.22. The van der Waals surface area contributed by atoms with E-state index in [1.165, 1.54) is 5.39 Å². The van der Waals surface area contributed by atoms with Crippen LogP contribution in [0.4, 0.5) is 5.82 Å². The van der Waals surface area contributed by atoms with Gasteiger partial charge in [-0.1, -0.05) is 24.3 Å². The Morgan fingerprint density at radius 1 is 0.828 bits per heavy atom. The number of para-hydroxylation sites is 1. The number of hydrogen-bond donors (Lipinski definition) is 2. The Hall–Kier alpha value is -4.06. The Balaban J connectivity index is 1.49. The predicted octanol–water partition coefficient (Wildman–Crippen LogP) is 4.69. The lowest BCUT2D eigenvalue weighted by Gasteiger charge is -2.09. The average molecular weight is 378 g/mol. The zero-order valence-corrected chi connectivity index (χ0v) is 15.6. The maximum atomic E-state index is 4.70. The van der Waals surface area contributed by atoms with Gasteiger partial charge in [-0.25, -0.2) is 9.97 Å². The summed E-state index contributed by atoms with van der Waals surface area (Å²) in [7, 11) is 0. The minimum absolute atomic E-state index is 0.575. The fraction of sp³-hybridized carbons (Fsp3) is 0.0435. The van der Waals surface area contributed by atoms with Crippen LogP contribution in [-0.2, 0) is 6.54 Å². The summed E-state index contributed by atoms with van der Waals surface area (Å²) in [5.41, 5.74) is 4.67. The molecule has 4 aromatic heterocycles. The van der Waals surface area contributed by atoms with Gasteiger partial charge in [-0.05, 0) is 41.8 Å². The number of nitrogens with one attached hydrogen (secondary N) is 2. The first kappa shape index (κ1) is 17.1. The van der Waals surface area contributed by atoms with Crippen LogP contribution in [-0.4, -0.2) is 24.9 Å². The zero-order valence-electron chi connectivity index (χ0n) is 15.6. The highest BCUT2D eigenvalue weighted by Crippen LogP contribution is 2.23. The summed E-state index contributed by atoms with van der Waals surface area (Å²) in [6.45, 7) is 0.625. The van der Waals surface area contributed by atoms with Gasteiger partial charge in [0.15, 0.2) is 5.82 Å². The monoisotopic (exact) mass is 378 g/mol. The number of benzene rings is 1. The fourth-order valence-corrected chi connectivity index (χ4v) is 3.22. The molecule has 0 bridgehead atoms. The molecule has 0 radical (unpaired) electrons. The standard InChI is InChI=1S/C23H18N6/c1-2-8-19-16(6-1)12-18(27-19)15-26-22-13-21(17-7-5-10-24-14-17)28-23(29-22)20-9-3-4-11-25-20/h1-14,27H,15H2,(H,26,28,29). The number of aromatic nitrogens is 5. The van der Waals surface area contributed by atoms with E-state index in [9.17, 15) is 0 Å². The van der Waals surface area contributed by atoms with E-state index in [-0.39, 0.29) is 0 Å². The zero-order chi connectivity index (χ0) is 19.5. The van der Waals surface area contributed by atoms with E-state index < -0.39 is 0 Å². The van der Waals surface area contributed by atoms with Crippen LogP contribution in [0.5, 0.6) is 0 Å².